The number of hydrogen-bond acceptors (Lipinski definition) is 4. The average molecular weight is 320 g/mol. The molecule has 0 aliphatic carbocycles. The molecule has 0 bridgehead atoms. The molecule has 0 aliphatic rings. The summed E-state index contributed by atoms with van der Waals surface area (Å²) in [5.74, 6) is 0. The van der Waals surface area contributed by atoms with Crippen LogP contribution < -0.4 is 11.1 Å². The van der Waals surface area contributed by atoms with Crippen molar-refractivity contribution < 1.29 is 8.42 Å². The standard InChI is InChI=1S/C15H16N2O2S2/c1-10-3-8-14(13(9-10)15(16)20)17-11-4-6-12(7-5-11)21(2,18)19/h3-9,17H,1-2H3,(H2,16,20). The van der Waals surface area contributed by atoms with Crippen LogP contribution in [0.1, 0.15) is 11.1 Å². The third kappa shape index (κ3) is 3.80. The number of thiocarbonyl (C=S) groups is 1. The molecule has 0 saturated carbocycles. The molecule has 0 unspecified atom stereocenters. The lowest BCUT2D eigenvalue weighted by Crippen LogP contribution is -2.12. The quantitative estimate of drug-likeness (QED) is 0.848. The maximum Gasteiger partial charge on any atom is 0.175 e. The Balaban J connectivity index is 2.33. The van der Waals surface area contributed by atoms with Crippen molar-refractivity contribution in [1.82, 2.24) is 0 Å². The normalized spacial score (nSPS) is 11.1. The molecule has 0 spiro atoms. The Labute approximate surface area is 129 Å². The number of rotatable bonds is 4. The van der Waals surface area contributed by atoms with Crippen LogP contribution in [-0.4, -0.2) is 19.7 Å². The second kappa shape index (κ2) is 5.83. The Morgan fingerprint density at radius 3 is 2.29 bits per heavy atom. The highest BCUT2D eigenvalue weighted by Crippen LogP contribution is 2.23. The highest BCUT2D eigenvalue weighted by atomic mass is 32.2. The van der Waals surface area contributed by atoms with Crippen molar-refractivity contribution in [3.63, 3.8) is 0 Å². The third-order valence-corrected chi connectivity index (χ3v) is 4.35. The average Bonchev–Trinajstić information content (AvgIpc) is 2.40. The fraction of sp³-hybridized carbons (Fsp3) is 0.133. The summed E-state index contributed by atoms with van der Waals surface area (Å²) in [6, 6.07) is 12.3. The van der Waals surface area contributed by atoms with E-state index in [1.54, 1.807) is 24.3 Å². The number of benzene rings is 2. The van der Waals surface area contributed by atoms with Crippen LogP contribution in [0.25, 0.3) is 0 Å². The van der Waals surface area contributed by atoms with Gasteiger partial charge in [-0.2, -0.15) is 0 Å². The molecule has 4 nitrogen and oxygen atoms in total. The summed E-state index contributed by atoms with van der Waals surface area (Å²) in [5, 5.41) is 3.20. The molecule has 0 fully saturated rings. The summed E-state index contributed by atoms with van der Waals surface area (Å²) < 4.78 is 22.9. The lowest BCUT2D eigenvalue weighted by Gasteiger charge is -2.12. The minimum absolute atomic E-state index is 0.284. The summed E-state index contributed by atoms with van der Waals surface area (Å²) in [7, 11) is -3.19. The summed E-state index contributed by atoms with van der Waals surface area (Å²) in [6.07, 6.45) is 1.18. The second-order valence-corrected chi connectivity index (χ2v) is 7.29. The van der Waals surface area contributed by atoms with Gasteiger partial charge in [-0.15, -0.1) is 0 Å². The zero-order valence-corrected chi connectivity index (χ0v) is 13.4. The zero-order chi connectivity index (χ0) is 15.6. The highest BCUT2D eigenvalue weighted by molar-refractivity contribution is 7.90. The molecule has 0 amide bonds. The molecule has 2 rings (SSSR count). The molecule has 110 valence electrons. The predicted octanol–water partition coefficient (Wildman–Crippen LogP) is 2.78. The van der Waals surface area contributed by atoms with E-state index >= 15 is 0 Å². The SMILES string of the molecule is Cc1ccc(Nc2ccc(S(C)(=O)=O)cc2)c(C(N)=S)c1. The molecule has 0 atom stereocenters. The molecule has 21 heavy (non-hydrogen) atoms. The first-order valence-electron chi connectivity index (χ1n) is 6.25. The number of nitrogens with one attached hydrogen (secondary N) is 1. The van der Waals surface area contributed by atoms with Crippen LogP contribution in [0.3, 0.4) is 0 Å². The lowest BCUT2D eigenvalue weighted by atomic mass is 10.1. The van der Waals surface area contributed by atoms with Crippen molar-refractivity contribution in [2.45, 2.75) is 11.8 Å². The fourth-order valence-electron chi connectivity index (χ4n) is 1.91. The molecule has 0 aliphatic heterocycles. The molecule has 0 radical (unpaired) electrons. The molecule has 0 saturated heterocycles. The highest BCUT2D eigenvalue weighted by Gasteiger charge is 2.08. The Bertz CT molecular complexity index is 782. The molecular formula is C15H16N2O2S2. The molecule has 6 heteroatoms. The largest absolute Gasteiger partial charge is 0.389 e. The van der Waals surface area contributed by atoms with Crippen LogP contribution >= 0.6 is 12.2 Å². The van der Waals surface area contributed by atoms with E-state index in [1.807, 2.05) is 25.1 Å². The number of aryl methyl sites for hydroxylation is 1. The number of hydrogen-bond donors (Lipinski definition) is 2. The topological polar surface area (TPSA) is 72.2 Å². The Morgan fingerprint density at radius 1 is 1.14 bits per heavy atom. The van der Waals surface area contributed by atoms with E-state index in [0.29, 0.717) is 4.99 Å². The first-order valence-corrected chi connectivity index (χ1v) is 8.55. The van der Waals surface area contributed by atoms with Gasteiger partial charge in [0.15, 0.2) is 9.84 Å². The second-order valence-electron chi connectivity index (χ2n) is 4.83. The van der Waals surface area contributed by atoms with Gasteiger partial charge in [-0.25, -0.2) is 8.42 Å². The van der Waals surface area contributed by atoms with Crippen molar-refractivity contribution in [3.05, 3.63) is 53.6 Å². The van der Waals surface area contributed by atoms with E-state index in [-0.39, 0.29) is 4.90 Å². The number of nitrogens with two attached hydrogens (primary N) is 1. The maximum absolute atomic E-state index is 11.4. The van der Waals surface area contributed by atoms with Crippen LogP contribution in [0.4, 0.5) is 11.4 Å². The first-order chi connectivity index (χ1) is 9.77. The monoisotopic (exact) mass is 320 g/mol. The Morgan fingerprint density at radius 2 is 1.76 bits per heavy atom. The van der Waals surface area contributed by atoms with Crippen LogP contribution in [-0.2, 0) is 9.84 Å². The summed E-state index contributed by atoms with van der Waals surface area (Å²) in [4.78, 5) is 0.598. The van der Waals surface area contributed by atoms with E-state index in [9.17, 15) is 8.42 Å². The van der Waals surface area contributed by atoms with Gasteiger partial charge in [0.05, 0.1) is 4.90 Å². The van der Waals surface area contributed by atoms with Crippen LogP contribution in [0.15, 0.2) is 47.4 Å². The van der Waals surface area contributed by atoms with Crippen molar-refractivity contribution in [2.24, 2.45) is 5.73 Å². The van der Waals surface area contributed by atoms with Crippen LogP contribution in [0, 0.1) is 6.92 Å². The minimum Gasteiger partial charge on any atom is -0.389 e. The maximum atomic E-state index is 11.4. The lowest BCUT2D eigenvalue weighted by molar-refractivity contribution is 0.602. The van der Waals surface area contributed by atoms with Gasteiger partial charge >= 0.3 is 0 Å². The molecule has 0 aromatic heterocycles. The summed E-state index contributed by atoms with van der Waals surface area (Å²) in [5.41, 5.74) is 9.12. The van der Waals surface area contributed by atoms with Gasteiger partial charge in [0.25, 0.3) is 0 Å². The van der Waals surface area contributed by atoms with Gasteiger partial charge in [-0.05, 0) is 43.3 Å². The summed E-state index contributed by atoms with van der Waals surface area (Å²) in [6.45, 7) is 1.96. The zero-order valence-electron chi connectivity index (χ0n) is 11.8. The van der Waals surface area contributed by atoms with E-state index < -0.39 is 9.84 Å². The van der Waals surface area contributed by atoms with E-state index in [0.717, 1.165) is 22.5 Å². The van der Waals surface area contributed by atoms with E-state index in [2.05, 4.69) is 5.32 Å². The van der Waals surface area contributed by atoms with Crippen LogP contribution in [0.5, 0.6) is 0 Å². The van der Waals surface area contributed by atoms with Crippen molar-refractivity contribution in [3.8, 4) is 0 Å². The number of anilines is 2. The van der Waals surface area contributed by atoms with Crippen molar-refractivity contribution in [2.75, 3.05) is 11.6 Å². The third-order valence-electron chi connectivity index (χ3n) is 3.00. The number of sulfone groups is 1. The Kier molecular flexibility index (Phi) is 4.29. The van der Waals surface area contributed by atoms with Gasteiger partial charge in [0.1, 0.15) is 4.99 Å². The van der Waals surface area contributed by atoms with E-state index in [1.165, 1.54) is 6.26 Å². The van der Waals surface area contributed by atoms with Crippen molar-refractivity contribution in [1.29, 1.82) is 0 Å². The van der Waals surface area contributed by atoms with Gasteiger partial charge in [-0.3, -0.25) is 0 Å². The smallest absolute Gasteiger partial charge is 0.175 e. The van der Waals surface area contributed by atoms with Crippen LogP contribution in [0.2, 0.25) is 0 Å². The van der Waals surface area contributed by atoms with Gasteiger partial charge in [-0.1, -0.05) is 23.8 Å². The molecule has 3 N–H and O–H groups in total. The van der Waals surface area contributed by atoms with Gasteiger partial charge in [0.2, 0.25) is 0 Å². The fourth-order valence-corrected chi connectivity index (χ4v) is 2.71. The van der Waals surface area contributed by atoms with E-state index in [4.69, 9.17) is 18.0 Å². The molecule has 0 heterocycles. The molecular weight excluding hydrogens is 304 g/mol. The van der Waals surface area contributed by atoms with Gasteiger partial charge < -0.3 is 11.1 Å². The molecule has 2 aromatic rings. The summed E-state index contributed by atoms with van der Waals surface area (Å²) >= 11 is 5.05. The first kappa shape index (κ1) is 15.5. The van der Waals surface area contributed by atoms with Crippen molar-refractivity contribution >= 4 is 38.4 Å². The minimum atomic E-state index is -3.19. The predicted molar refractivity (Wildman–Crippen MR) is 89.9 cm³/mol. The Hall–Kier alpha value is -1.92. The van der Waals surface area contributed by atoms with Gasteiger partial charge in [0, 0.05) is 23.2 Å². The molecule has 2 aromatic carbocycles.